The Labute approximate surface area is 136 Å². The van der Waals surface area contributed by atoms with E-state index >= 15 is 0 Å². The summed E-state index contributed by atoms with van der Waals surface area (Å²) in [6.45, 7) is 8.07. The molecule has 0 bridgehead atoms. The third-order valence-corrected chi connectivity index (χ3v) is 5.86. The van der Waals surface area contributed by atoms with Gasteiger partial charge in [-0.15, -0.1) is 0 Å². The van der Waals surface area contributed by atoms with E-state index in [0.717, 1.165) is 0 Å². The van der Waals surface area contributed by atoms with Crippen molar-refractivity contribution in [1.82, 2.24) is 4.72 Å². The van der Waals surface area contributed by atoms with Gasteiger partial charge in [0.05, 0.1) is 11.6 Å². The maximum absolute atomic E-state index is 12.3. The van der Waals surface area contributed by atoms with Gasteiger partial charge in [-0.25, -0.2) is 13.1 Å². The van der Waals surface area contributed by atoms with Gasteiger partial charge >= 0.3 is 0 Å². The van der Waals surface area contributed by atoms with Crippen molar-refractivity contribution in [2.24, 2.45) is 11.3 Å². The quantitative estimate of drug-likeness (QED) is 0.851. The van der Waals surface area contributed by atoms with Gasteiger partial charge < -0.3 is 5.11 Å². The van der Waals surface area contributed by atoms with Crippen LogP contribution in [0.4, 0.5) is 0 Å². The van der Waals surface area contributed by atoms with Crippen LogP contribution in [0.25, 0.3) is 0 Å². The lowest BCUT2D eigenvalue weighted by molar-refractivity contribution is 0.263. The fourth-order valence-corrected chi connectivity index (χ4v) is 3.50. The molecule has 1 unspecified atom stereocenters. The highest BCUT2D eigenvalue weighted by atomic mass is 35.5. The second kappa shape index (κ2) is 6.84. The van der Waals surface area contributed by atoms with Crippen LogP contribution in [0, 0.1) is 11.3 Å². The van der Waals surface area contributed by atoms with Gasteiger partial charge in [0, 0.05) is 11.6 Å². The first-order valence-corrected chi connectivity index (χ1v) is 8.81. The molecule has 0 aliphatic heterocycles. The first-order chi connectivity index (χ1) is 9.49. The van der Waals surface area contributed by atoms with E-state index in [2.05, 4.69) is 4.72 Å². The Morgan fingerprint density at radius 1 is 1.24 bits per heavy atom. The monoisotopic (exact) mass is 353 g/mol. The fraction of sp³-hybridized carbons (Fsp3) is 0.571. The molecule has 0 fully saturated rings. The number of rotatable bonds is 5. The number of benzene rings is 1. The zero-order valence-electron chi connectivity index (χ0n) is 12.6. The summed E-state index contributed by atoms with van der Waals surface area (Å²) in [6.07, 6.45) is 0. The Morgan fingerprint density at radius 3 is 2.29 bits per heavy atom. The number of nitrogens with one attached hydrogen (secondary N) is 1. The topological polar surface area (TPSA) is 66.4 Å². The summed E-state index contributed by atoms with van der Waals surface area (Å²) in [5.74, 6) is 0.149. The van der Waals surface area contributed by atoms with Gasteiger partial charge in [0.1, 0.15) is 4.90 Å². The van der Waals surface area contributed by atoms with Gasteiger partial charge in [0.2, 0.25) is 10.0 Å². The zero-order chi connectivity index (χ0) is 16.4. The van der Waals surface area contributed by atoms with E-state index in [1.807, 2.05) is 27.7 Å². The summed E-state index contributed by atoms with van der Waals surface area (Å²) < 4.78 is 27.2. The molecule has 21 heavy (non-hydrogen) atoms. The second-order valence-electron chi connectivity index (χ2n) is 6.15. The molecule has 0 aliphatic carbocycles. The molecule has 1 aromatic carbocycles. The van der Waals surface area contributed by atoms with E-state index < -0.39 is 10.0 Å². The minimum Gasteiger partial charge on any atom is -0.392 e. The molecule has 0 heterocycles. The first kappa shape index (κ1) is 18.7. The second-order valence-corrected chi connectivity index (χ2v) is 8.70. The van der Waals surface area contributed by atoms with Crippen LogP contribution in [0.15, 0.2) is 17.0 Å². The molecule has 1 atom stereocenters. The standard InChI is InChI=1S/C14H21Cl2NO3S/c1-9(14(2,3)4)7-17-21(19,20)13-5-10(8-18)11(15)6-12(13)16/h5-6,9,17-18H,7-8H2,1-4H3. The summed E-state index contributed by atoms with van der Waals surface area (Å²) >= 11 is 11.8. The summed E-state index contributed by atoms with van der Waals surface area (Å²) in [4.78, 5) is -0.0706. The lowest BCUT2D eigenvalue weighted by Crippen LogP contribution is -2.33. The molecule has 1 aromatic rings. The molecular weight excluding hydrogens is 333 g/mol. The predicted molar refractivity (Wildman–Crippen MR) is 86.2 cm³/mol. The molecule has 4 nitrogen and oxygen atoms in total. The molecule has 0 amide bonds. The number of aliphatic hydroxyl groups excluding tert-OH is 1. The SMILES string of the molecule is CC(CNS(=O)(=O)c1cc(CO)c(Cl)cc1Cl)C(C)(C)C. The van der Waals surface area contributed by atoms with Crippen LogP contribution in [0.3, 0.4) is 0 Å². The van der Waals surface area contributed by atoms with Crippen LogP contribution in [-0.4, -0.2) is 20.1 Å². The molecule has 0 saturated heterocycles. The van der Waals surface area contributed by atoms with Crippen molar-refractivity contribution in [3.63, 3.8) is 0 Å². The highest BCUT2D eigenvalue weighted by molar-refractivity contribution is 7.89. The van der Waals surface area contributed by atoms with Crippen LogP contribution < -0.4 is 4.72 Å². The van der Waals surface area contributed by atoms with Crippen molar-refractivity contribution < 1.29 is 13.5 Å². The molecule has 0 radical (unpaired) electrons. The Hall–Kier alpha value is -0.330. The van der Waals surface area contributed by atoms with Crippen molar-refractivity contribution in [2.45, 2.75) is 39.2 Å². The Morgan fingerprint density at radius 2 is 1.81 bits per heavy atom. The summed E-state index contributed by atoms with van der Waals surface area (Å²) in [5.41, 5.74) is 0.313. The van der Waals surface area contributed by atoms with Gasteiger partial charge in [0.25, 0.3) is 0 Å². The van der Waals surface area contributed by atoms with Crippen LogP contribution in [0.1, 0.15) is 33.3 Å². The molecule has 1 rings (SSSR count). The van der Waals surface area contributed by atoms with E-state index in [4.69, 9.17) is 23.2 Å². The summed E-state index contributed by atoms with van der Waals surface area (Å²) in [5, 5.41) is 9.46. The predicted octanol–water partition coefficient (Wildman–Crippen LogP) is 3.45. The Bertz CT molecular complexity index is 609. The third-order valence-electron chi connectivity index (χ3n) is 3.62. The van der Waals surface area contributed by atoms with Crippen molar-refractivity contribution in [3.8, 4) is 0 Å². The Kier molecular flexibility index (Phi) is 6.09. The smallest absolute Gasteiger partial charge is 0.242 e. The van der Waals surface area contributed by atoms with E-state index in [9.17, 15) is 13.5 Å². The first-order valence-electron chi connectivity index (χ1n) is 6.57. The minimum absolute atomic E-state index is 0.0113. The van der Waals surface area contributed by atoms with Crippen LogP contribution in [0.5, 0.6) is 0 Å². The van der Waals surface area contributed by atoms with Gasteiger partial charge in [-0.3, -0.25) is 0 Å². The third kappa shape index (κ3) is 4.83. The molecular formula is C14H21Cl2NO3S. The normalized spacial score (nSPS) is 14.2. The average Bonchev–Trinajstić information content (AvgIpc) is 2.34. The van der Waals surface area contributed by atoms with E-state index in [1.165, 1.54) is 12.1 Å². The molecule has 120 valence electrons. The number of hydrogen-bond acceptors (Lipinski definition) is 3. The number of sulfonamides is 1. The minimum atomic E-state index is -3.75. The molecule has 0 aromatic heterocycles. The fourth-order valence-electron chi connectivity index (χ4n) is 1.52. The molecule has 0 aliphatic rings. The van der Waals surface area contributed by atoms with Gasteiger partial charge in [-0.05, 0) is 29.0 Å². The van der Waals surface area contributed by atoms with Crippen LogP contribution >= 0.6 is 23.2 Å². The lowest BCUT2D eigenvalue weighted by atomic mass is 9.82. The molecule has 7 heteroatoms. The summed E-state index contributed by atoms with van der Waals surface area (Å²) in [7, 11) is -3.75. The van der Waals surface area contributed by atoms with E-state index in [0.29, 0.717) is 12.1 Å². The molecule has 0 spiro atoms. The van der Waals surface area contributed by atoms with E-state index in [-0.39, 0.29) is 32.9 Å². The lowest BCUT2D eigenvalue weighted by Gasteiger charge is -2.27. The van der Waals surface area contributed by atoms with Crippen LogP contribution in [0.2, 0.25) is 10.0 Å². The summed E-state index contributed by atoms with van der Waals surface area (Å²) in [6, 6.07) is 2.63. The maximum Gasteiger partial charge on any atom is 0.242 e. The number of hydrogen-bond donors (Lipinski definition) is 2. The highest BCUT2D eigenvalue weighted by Gasteiger charge is 2.24. The molecule has 0 saturated carbocycles. The molecule has 2 N–H and O–H groups in total. The van der Waals surface area contributed by atoms with Crippen molar-refractivity contribution in [1.29, 1.82) is 0 Å². The van der Waals surface area contributed by atoms with Crippen molar-refractivity contribution in [3.05, 3.63) is 27.7 Å². The van der Waals surface area contributed by atoms with E-state index in [1.54, 1.807) is 0 Å². The largest absolute Gasteiger partial charge is 0.392 e. The number of aliphatic hydroxyl groups is 1. The Balaban J connectivity index is 3.04. The van der Waals surface area contributed by atoms with Gasteiger partial charge in [-0.1, -0.05) is 50.9 Å². The van der Waals surface area contributed by atoms with Gasteiger partial charge in [0.15, 0.2) is 0 Å². The zero-order valence-corrected chi connectivity index (χ0v) is 14.9. The highest BCUT2D eigenvalue weighted by Crippen LogP contribution is 2.29. The van der Waals surface area contributed by atoms with Gasteiger partial charge in [-0.2, -0.15) is 0 Å². The maximum atomic E-state index is 12.3. The van der Waals surface area contributed by atoms with Crippen molar-refractivity contribution in [2.75, 3.05) is 6.54 Å². The van der Waals surface area contributed by atoms with Crippen molar-refractivity contribution >= 4 is 33.2 Å². The average molecular weight is 354 g/mol. The number of halogens is 2. The van der Waals surface area contributed by atoms with Crippen LogP contribution in [-0.2, 0) is 16.6 Å².